The van der Waals surface area contributed by atoms with Crippen molar-refractivity contribution in [2.24, 2.45) is 5.16 Å². The van der Waals surface area contributed by atoms with Gasteiger partial charge in [0.05, 0.1) is 11.8 Å². The van der Waals surface area contributed by atoms with Gasteiger partial charge in [0.1, 0.15) is 11.1 Å². The minimum Gasteiger partial charge on any atom is -0.268 e. The molecule has 0 unspecified atom stereocenters. The van der Waals surface area contributed by atoms with Crippen LogP contribution < -0.4 is 0 Å². The molecule has 0 bridgehead atoms. The number of thioether (sulfide) groups is 1. The Morgan fingerprint density at radius 3 is 1.94 bits per heavy atom. The van der Waals surface area contributed by atoms with Crippen LogP contribution >= 0.6 is 11.8 Å². The first kappa shape index (κ1) is 25.9. The van der Waals surface area contributed by atoms with Crippen LogP contribution in [0, 0.1) is 18.3 Å². The highest BCUT2D eigenvalue weighted by Gasteiger charge is 2.19. The zero-order valence-corrected chi connectivity index (χ0v) is 20.7. The minimum absolute atomic E-state index is 0.347. The van der Waals surface area contributed by atoms with Gasteiger partial charge in [-0.15, -0.1) is 0 Å². The van der Waals surface area contributed by atoms with Crippen LogP contribution in [0.3, 0.4) is 0 Å². The lowest BCUT2D eigenvalue weighted by atomic mass is 9.97. The first-order valence-electron chi connectivity index (χ1n) is 10.3. The smallest absolute Gasteiger partial charge is 0.268 e. The van der Waals surface area contributed by atoms with E-state index in [1.54, 1.807) is 11.5 Å². The van der Waals surface area contributed by atoms with Crippen LogP contribution in [0.5, 0.6) is 0 Å². The van der Waals surface area contributed by atoms with Crippen molar-refractivity contribution in [2.45, 2.75) is 20.8 Å². The third-order valence-electron chi connectivity index (χ3n) is 4.35. The molecule has 0 amide bonds. The van der Waals surface area contributed by atoms with Crippen molar-refractivity contribution in [3.8, 4) is 6.07 Å². The van der Waals surface area contributed by atoms with Crippen LogP contribution in [0.1, 0.15) is 25.0 Å². The van der Waals surface area contributed by atoms with Gasteiger partial charge in [-0.3, -0.25) is 4.28 Å². The summed E-state index contributed by atoms with van der Waals surface area (Å²) in [5, 5.41) is 17.8. The Morgan fingerprint density at radius 2 is 1.45 bits per heavy atom. The molecule has 0 saturated heterocycles. The van der Waals surface area contributed by atoms with Crippen molar-refractivity contribution in [3.63, 3.8) is 0 Å². The molecule has 33 heavy (non-hydrogen) atoms. The summed E-state index contributed by atoms with van der Waals surface area (Å²) >= 11 is 1.21. The molecule has 4 rings (SSSR count). The number of rotatable bonds is 3. The molecule has 3 aromatic carbocycles. The molecule has 0 radical (unpaired) electrons. The van der Waals surface area contributed by atoms with Crippen molar-refractivity contribution in [2.75, 3.05) is 6.26 Å². The van der Waals surface area contributed by atoms with E-state index in [4.69, 9.17) is 0 Å². The molecule has 7 heteroatoms. The van der Waals surface area contributed by atoms with E-state index in [0.717, 1.165) is 17.4 Å². The topological polar surface area (TPSA) is 79.5 Å². The lowest BCUT2D eigenvalue weighted by molar-refractivity contribution is 0.345. The van der Waals surface area contributed by atoms with E-state index in [-0.39, 0.29) is 0 Å². The molecular formula is C26H26N2O3S2. The monoisotopic (exact) mass is 478 g/mol. The zero-order valence-electron chi connectivity index (χ0n) is 19.0. The van der Waals surface area contributed by atoms with Crippen LogP contribution in [0.2, 0.25) is 0 Å². The van der Waals surface area contributed by atoms with E-state index in [0.29, 0.717) is 16.2 Å². The first-order valence-corrected chi connectivity index (χ1v) is 13.0. The number of nitriles is 1. The second-order valence-electron chi connectivity index (χ2n) is 6.66. The normalized spacial score (nSPS) is 15.1. The molecule has 0 spiro atoms. The Morgan fingerprint density at radius 1 is 0.939 bits per heavy atom. The second kappa shape index (κ2) is 12.6. The van der Waals surface area contributed by atoms with Crippen molar-refractivity contribution in [1.29, 1.82) is 5.26 Å². The summed E-state index contributed by atoms with van der Waals surface area (Å²) in [6.45, 7) is 5.91. The maximum atomic E-state index is 11.0. The Hall–Kier alpha value is -3.34. The molecule has 1 aliphatic heterocycles. The molecule has 0 N–H and O–H groups in total. The average Bonchev–Trinajstić information content (AvgIpc) is 3.29. The quantitative estimate of drug-likeness (QED) is 0.309. The van der Waals surface area contributed by atoms with E-state index in [1.165, 1.54) is 22.5 Å². The van der Waals surface area contributed by atoms with Gasteiger partial charge >= 0.3 is 10.1 Å². The van der Waals surface area contributed by atoms with Gasteiger partial charge in [-0.2, -0.15) is 13.7 Å². The summed E-state index contributed by atoms with van der Waals surface area (Å²) in [6.07, 6.45) is 2.64. The van der Waals surface area contributed by atoms with E-state index in [1.807, 2.05) is 45.0 Å². The molecule has 0 aromatic heterocycles. The standard InChI is InChI=1S/C14H12N2O3S2.C10H8.C2H6/c1-10-5-3-4-6-11(10)13(9-15)12-7-8-20-14(12)16-19-21(2,17)18;1-2-6-10-8-4-3-7-9(10)5-1;1-2/h3-8H,1-2H3;1-8H;1-2H3/b13-12+,16-14?;;. The van der Waals surface area contributed by atoms with Gasteiger partial charge in [-0.1, -0.05) is 104 Å². The van der Waals surface area contributed by atoms with E-state index in [9.17, 15) is 13.7 Å². The fourth-order valence-corrected chi connectivity index (χ4v) is 3.88. The van der Waals surface area contributed by atoms with Crippen LogP contribution in [0.15, 0.2) is 95.0 Å². The summed E-state index contributed by atoms with van der Waals surface area (Å²) in [4.78, 5) is 0. The van der Waals surface area contributed by atoms with Gasteiger partial charge < -0.3 is 0 Å². The molecule has 1 heterocycles. The maximum Gasteiger partial charge on any atom is 0.325 e. The molecule has 0 fully saturated rings. The SMILES string of the molecule is CC.Cc1ccccc1/C(C#N)=C1\C=CSC1=NOS(C)(=O)=O.c1ccc2ccccc2c1. The van der Waals surface area contributed by atoms with Gasteiger partial charge in [0.15, 0.2) is 0 Å². The highest BCUT2D eigenvalue weighted by Crippen LogP contribution is 2.32. The van der Waals surface area contributed by atoms with Gasteiger partial charge in [0, 0.05) is 5.57 Å². The summed E-state index contributed by atoms with van der Waals surface area (Å²) in [5.74, 6) is 0. The number of nitrogens with zero attached hydrogens (tertiary/aromatic N) is 2. The number of fused-ring (bicyclic) bond motifs is 1. The van der Waals surface area contributed by atoms with Crippen molar-refractivity contribution >= 4 is 43.3 Å². The van der Waals surface area contributed by atoms with Gasteiger partial charge in [-0.25, -0.2) is 0 Å². The van der Waals surface area contributed by atoms with Crippen molar-refractivity contribution in [1.82, 2.24) is 0 Å². The zero-order chi connectivity index (χ0) is 24.3. The number of hydrogen-bond acceptors (Lipinski definition) is 6. The minimum atomic E-state index is -3.67. The third kappa shape index (κ3) is 7.63. The third-order valence-corrected chi connectivity index (χ3v) is 5.49. The molecule has 0 aliphatic carbocycles. The fourth-order valence-electron chi connectivity index (χ4n) is 2.92. The predicted molar refractivity (Wildman–Crippen MR) is 139 cm³/mol. The second-order valence-corrected chi connectivity index (χ2v) is 9.11. The van der Waals surface area contributed by atoms with Crippen LogP contribution in [-0.2, 0) is 14.4 Å². The highest BCUT2D eigenvalue weighted by molar-refractivity contribution is 8.17. The molecule has 0 atom stereocenters. The van der Waals surface area contributed by atoms with Crippen molar-refractivity contribution in [3.05, 3.63) is 101 Å². The number of hydrogen-bond donors (Lipinski definition) is 0. The van der Waals surface area contributed by atoms with Crippen molar-refractivity contribution < 1.29 is 12.7 Å². The van der Waals surface area contributed by atoms with Gasteiger partial charge in [-0.05, 0) is 40.3 Å². The lowest BCUT2D eigenvalue weighted by Gasteiger charge is -2.07. The van der Waals surface area contributed by atoms with E-state index in [2.05, 4.69) is 64.0 Å². The predicted octanol–water partition coefficient (Wildman–Crippen LogP) is 6.69. The molecule has 3 aromatic rings. The Kier molecular flexibility index (Phi) is 9.92. The summed E-state index contributed by atoms with van der Waals surface area (Å²) < 4.78 is 26.5. The summed E-state index contributed by atoms with van der Waals surface area (Å²) in [6, 6.07) is 26.3. The van der Waals surface area contributed by atoms with E-state index >= 15 is 0 Å². The summed E-state index contributed by atoms with van der Waals surface area (Å²) in [7, 11) is -3.67. The molecular weight excluding hydrogens is 452 g/mol. The number of aryl methyl sites for hydroxylation is 1. The highest BCUT2D eigenvalue weighted by atomic mass is 32.2. The first-order chi connectivity index (χ1) is 15.9. The largest absolute Gasteiger partial charge is 0.325 e. The number of benzene rings is 3. The van der Waals surface area contributed by atoms with Gasteiger partial charge in [0.2, 0.25) is 0 Å². The molecule has 0 saturated carbocycles. The average molecular weight is 479 g/mol. The Balaban J connectivity index is 0.000000266. The van der Waals surface area contributed by atoms with E-state index < -0.39 is 10.1 Å². The van der Waals surface area contributed by atoms with Crippen LogP contribution in [0.25, 0.3) is 16.3 Å². The van der Waals surface area contributed by atoms with Crippen LogP contribution in [0.4, 0.5) is 0 Å². The maximum absolute atomic E-state index is 11.0. The molecule has 5 nitrogen and oxygen atoms in total. The molecule has 1 aliphatic rings. The Labute approximate surface area is 200 Å². The van der Waals surface area contributed by atoms with Crippen LogP contribution in [-0.4, -0.2) is 19.7 Å². The fraction of sp³-hybridized carbons (Fsp3) is 0.154. The summed E-state index contributed by atoms with van der Waals surface area (Å²) in [5.41, 5.74) is 2.73. The van der Waals surface area contributed by atoms with Gasteiger partial charge in [0.25, 0.3) is 0 Å². The number of allylic oxidation sites excluding steroid dienone is 2. The Bertz CT molecular complexity index is 1270. The lowest BCUT2D eigenvalue weighted by Crippen LogP contribution is -2.02. The molecule has 170 valence electrons. The number of oxime groups is 1.